The van der Waals surface area contributed by atoms with E-state index in [0.717, 1.165) is 67.0 Å². The monoisotopic (exact) mass is 784 g/mol. The molecule has 61 heavy (non-hydrogen) atoms. The Morgan fingerprint density at radius 3 is 1.90 bits per heavy atom. The normalized spacial score (nSPS) is 14.6. The molecule has 4 nitrogen and oxygen atoms in total. The molecule has 12 rings (SSSR count). The fourth-order valence-corrected chi connectivity index (χ4v) is 9.59. The third kappa shape index (κ3) is 5.94. The molecule has 1 N–H and O–H groups in total. The molecule has 2 heterocycles. The van der Waals surface area contributed by atoms with Crippen LogP contribution < -0.4 is 10.1 Å². The van der Waals surface area contributed by atoms with Gasteiger partial charge < -0.3 is 14.5 Å². The van der Waals surface area contributed by atoms with E-state index < -0.39 is 0 Å². The van der Waals surface area contributed by atoms with Gasteiger partial charge in [-0.05, 0) is 144 Å². The second-order valence-electron chi connectivity index (χ2n) is 16.8. The zero-order valence-electron chi connectivity index (χ0n) is 33.8. The molecule has 290 valence electrons. The Bertz CT molecular complexity index is 3280. The predicted molar refractivity (Wildman–Crippen MR) is 250 cm³/mol. The lowest BCUT2D eigenvalue weighted by Crippen LogP contribution is -2.15. The third-order valence-corrected chi connectivity index (χ3v) is 12.7. The zero-order chi connectivity index (χ0) is 40.7. The number of hydrogen-bond donors (Lipinski definition) is 1. The maximum atomic E-state index is 6.25. The highest BCUT2D eigenvalue weighted by molar-refractivity contribution is 5.98. The van der Waals surface area contributed by atoms with Gasteiger partial charge in [-0.15, -0.1) is 0 Å². The molecule has 0 saturated carbocycles. The Morgan fingerprint density at radius 2 is 1.11 bits per heavy atom. The molecule has 4 heteroatoms. The summed E-state index contributed by atoms with van der Waals surface area (Å²) < 4.78 is 12.4. The topological polar surface area (TPSA) is 47.3 Å². The van der Waals surface area contributed by atoms with Crippen molar-refractivity contribution in [3.63, 3.8) is 0 Å². The van der Waals surface area contributed by atoms with Gasteiger partial charge in [0.05, 0.1) is 5.69 Å². The fraction of sp³-hybridized carbons (Fsp3) is 0.0702. The van der Waals surface area contributed by atoms with Crippen LogP contribution in [0.2, 0.25) is 0 Å². The highest BCUT2D eigenvalue weighted by Gasteiger charge is 2.37. The largest absolute Gasteiger partial charge is 0.464 e. The van der Waals surface area contributed by atoms with E-state index in [1.807, 2.05) is 42.5 Å². The Kier molecular flexibility index (Phi) is 7.91. The molecule has 9 aromatic carbocycles. The van der Waals surface area contributed by atoms with Crippen LogP contribution in [0.15, 0.2) is 199 Å². The number of fused-ring (bicyclic) bond motifs is 7. The minimum absolute atomic E-state index is 0.0899. The summed E-state index contributed by atoms with van der Waals surface area (Å²) in [5.74, 6) is 1.50. The minimum Gasteiger partial charge on any atom is -0.464 e. The molecule has 0 saturated heterocycles. The number of oxazole rings is 1. The summed E-state index contributed by atoms with van der Waals surface area (Å²) in [6.07, 6.45) is -0.228. The molecule has 1 aliphatic heterocycles. The lowest BCUT2D eigenvalue weighted by Gasteiger charge is -2.23. The second-order valence-corrected chi connectivity index (χ2v) is 16.8. The molecule has 0 spiro atoms. The van der Waals surface area contributed by atoms with E-state index in [-0.39, 0.29) is 11.6 Å². The summed E-state index contributed by atoms with van der Waals surface area (Å²) >= 11 is 0. The average Bonchev–Trinajstić information content (AvgIpc) is 4.02. The van der Waals surface area contributed by atoms with Crippen LogP contribution in [0.25, 0.3) is 89.0 Å². The Morgan fingerprint density at radius 1 is 0.492 bits per heavy atom. The molecule has 0 fully saturated rings. The first kappa shape index (κ1) is 35.3. The minimum atomic E-state index is -0.228. The van der Waals surface area contributed by atoms with Gasteiger partial charge in [-0.2, -0.15) is 0 Å². The second kappa shape index (κ2) is 13.7. The Labute approximate surface area is 354 Å². The van der Waals surface area contributed by atoms with Crippen LogP contribution in [0.4, 0.5) is 5.69 Å². The van der Waals surface area contributed by atoms with Crippen LogP contribution in [-0.4, -0.2) is 4.98 Å². The van der Waals surface area contributed by atoms with E-state index in [1.54, 1.807) is 0 Å². The average molecular weight is 785 g/mol. The summed E-state index contributed by atoms with van der Waals surface area (Å²) in [5, 5.41) is 6.14. The number of anilines is 1. The number of ether oxygens (including phenoxy) is 1. The summed E-state index contributed by atoms with van der Waals surface area (Å²) in [7, 11) is 0. The van der Waals surface area contributed by atoms with Crippen molar-refractivity contribution < 1.29 is 9.15 Å². The summed E-state index contributed by atoms with van der Waals surface area (Å²) in [6, 6.07) is 69.6. The summed E-state index contributed by atoms with van der Waals surface area (Å²) in [6.45, 7) is 4.73. The molecule has 1 aromatic heterocycles. The fourth-order valence-electron chi connectivity index (χ4n) is 9.59. The predicted octanol–water partition coefficient (Wildman–Crippen LogP) is 15.1. The van der Waals surface area contributed by atoms with Gasteiger partial charge in [-0.25, -0.2) is 4.98 Å². The first-order valence-electron chi connectivity index (χ1n) is 20.9. The van der Waals surface area contributed by atoms with Gasteiger partial charge in [0.2, 0.25) is 5.89 Å². The number of nitrogens with zero attached hydrogens (tertiary/aromatic N) is 1. The van der Waals surface area contributed by atoms with Crippen molar-refractivity contribution in [2.45, 2.75) is 25.5 Å². The van der Waals surface area contributed by atoms with Gasteiger partial charge in [-0.1, -0.05) is 141 Å². The first-order chi connectivity index (χ1) is 29.9. The molecule has 0 bridgehead atoms. The van der Waals surface area contributed by atoms with Crippen LogP contribution in [0.1, 0.15) is 36.8 Å². The third-order valence-electron chi connectivity index (χ3n) is 12.7. The highest BCUT2D eigenvalue weighted by atomic mass is 16.5. The van der Waals surface area contributed by atoms with E-state index >= 15 is 0 Å². The SMILES string of the molecule is CC1(C)c2ccc(-c3cccc(-c4cc(-c5ccc(-c6nc7ccccc7o6)cc5)cc(-c5ccc(C6Nc7ccccc7O6)cc5)c4)c3)cc2-c2ccc3ccccc3c21. The molecule has 0 amide bonds. The van der Waals surface area contributed by atoms with Crippen molar-refractivity contribution in [1.29, 1.82) is 0 Å². The van der Waals surface area contributed by atoms with Crippen LogP contribution in [0.5, 0.6) is 5.75 Å². The molecule has 1 atom stereocenters. The number of nitrogens with one attached hydrogen (secondary N) is 1. The molecule has 1 unspecified atom stereocenters. The molecular formula is C57H40N2O2. The van der Waals surface area contributed by atoms with Gasteiger partial charge in [-0.3, -0.25) is 0 Å². The van der Waals surface area contributed by atoms with E-state index in [2.05, 4.69) is 171 Å². The van der Waals surface area contributed by atoms with Crippen LogP contribution >= 0.6 is 0 Å². The van der Waals surface area contributed by atoms with E-state index in [1.165, 1.54) is 44.2 Å². The van der Waals surface area contributed by atoms with Crippen molar-refractivity contribution in [2.24, 2.45) is 0 Å². The smallest absolute Gasteiger partial charge is 0.227 e. The first-order valence-corrected chi connectivity index (χ1v) is 20.9. The van der Waals surface area contributed by atoms with Gasteiger partial charge in [0.1, 0.15) is 11.3 Å². The number of rotatable bonds is 6. The van der Waals surface area contributed by atoms with Crippen molar-refractivity contribution in [3.8, 4) is 72.8 Å². The summed E-state index contributed by atoms with van der Waals surface area (Å²) in [4.78, 5) is 4.74. The standard InChI is InChI=1S/C57H40N2O2/c1-57(2)49-29-27-42(34-48(49)47-28-26-37-10-3-4-13-46(37)54(47)57)40-11-9-12-41(30-40)45-32-43(35-18-22-38(23-19-35)55-58-50-14-5-7-16-52(50)60-55)31-44(33-45)36-20-24-39(25-21-36)56-59-51-15-6-8-17-53(51)61-56/h3-34,55,58H,1-2H3. The number of para-hydroxylation sites is 4. The molecule has 0 radical (unpaired) electrons. The van der Waals surface area contributed by atoms with Gasteiger partial charge >= 0.3 is 0 Å². The number of aromatic nitrogens is 1. The van der Waals surface area contributed by atoms with E-state index in [9.17, 15) is 0 Å². The maximum absolute atomic E-state index is 6.25. The lowest BCUT2D eigenvalue weighted by atomic mass is 9.80. The van der Waals surface area contributed by atoms with Crippen LogP contribution in [0, 0.1) is 0 Å². The molecule has 2 aliphatic rings. The van der Waals surface area contributed by atoms with Gasteiger partial charge in [0.25, 0.3) is 0 Å². The quantitative estimate of drug-likeness (QED) is 0.182. The molecule has 10 aromatic rings. The van der Waals surface area contributed by atoms with E-state index in [0.29, 0.717) is 5.89 Å². The Balaban J connectivity index is 0.927. The number of hydrogen-bond acceptors (Lipinski definition) is 4. The lowest BCUT2D eigenvalue weighted by molar-refractivity contribution is 0.260. The molecular weight excluding hydrogens is 745 g/mol. The van der Waals surface area contributed by atoms with Crippen LogP contribution in [-0.2, 0) is 5.41 Å². The number of benzene rings is 9. The van der Waals surface area contributed by atoms with Gasteiger partial charge in [0, 0.05) is 16.5 Å². The Hall–Kier alpha value is -7.69. The highest BCUT2D eigenvalue weighted by Crippen LogP contribution is 2.52. The van der Waals surface area contributed by atoms with Crippen molar-refractivity contribution in [2.75, 3.05) is 5.32 Å². The van der Waals surface area contributed by atoms with Crippen molar-refractivity contribution in [3.05, 3.63) is 211 Å². The van der Waals surface area contributed by atoms with Crippen molar-refractivity contribution in [1.82, 2.24) is 4.98 Å². The van der Waals surface area contributed by atoms with Crippen molar-refractivity contribution >= 4 is 27.6 Å². The van der Waals surface area contributed by atoms with Crippen LogP contribution in [0.3, 0.4) is 0 Å². The van der Waals surface area contributed by atoms with E-state index in [4.69, 9.17) is 14.1 Å². The zero-order valence-corrected chi connectivity index (χ0v) is 33.8. The summed E-state index contributed by atoms with van der Waals surface area (Å²) in [5.41, 5.74) is 19.3. The maximum Gasteiger partial charge on any atom is 0.227 e. The van der Waals surface area contributed by atoms with Gasteiger partial charge in [0.15, 0.2) is 11.8 Å². The molecule has 1 aliphatic carbocycles.